The monoisotopic (exact) mass is 417 g/mol. The number of aromatic nitrogens is 2. The summed E-state index contributed by atoms with van der Waals surface area (Å²) in [5.41, 5.74) is 0.811. The number of nitrogens with one attached hydrogen (secondary N) is 1. The van der Waals surface area contributed by atoms with Crippen LogP contribution in [-0.2, 0) is 13.2 Å². The van der Waals surface area contributed by atoms with Gasteiger partial charge in [0.1, 0.15) is 18.1 Å². The van der Waals surface area contributed by atoms with Crippen molar-refractivity contribution >= 4 is 21.8 Å². The van der Waals surface area contributed by atoms with Crippen molar-refractivity contribution in [1.29, 1.82) is 0 Å². The van der Waals surface area contributed by atoms with Crippen LogP contribution in [0.3, 0.4) is 0 Å². The highest BCUT2D eigenvalue weighted by molar-refractivity contribution is 9.10. The summed E-state index contributed by atoms with van der Waals surface area (Å²) < 4.78 is 14.0. The number of carbonyl (C=O) groups is 1. The maximum atomic E-state index is 12.3. The zero-order chi connectivity index (χ0) is 18.5. The SMILES string of the molecule is CCn1ccc(C(C)NC(=O)c2ccc(COc3ccc(Br)cc3)o2)n1. The van der Waals surface area contributed by atoms with Gasteiger partial charge in [0.25, 0.3) is 5.91 Å². The predicted octanol–water partition coefficient (Wildman–Crippen LogP) is 4.33. The van der Waals surface area contributed by atoms with Crippen LogP contribution in [0.15, 0.2) is 57.6 Å². The summed E-state index contributed by atoms with van der Waals surface area (Å²) >= 11 is 3.38. The normalized spacial score (nSPS) is 12.0. The van der Waals surface area contributed by atoms with E-state index in [9.17, 15) is 4.79 Å². The van der Waals surface area contributed by atoms with Gasteiger partial charge in [-0.2, -0.15) is 5.10 Å². The Hall–Kier alpha value is -2.54. The lowest BCUT2D eigenvalue weighted by Crippen LogP contribution is -2.26. The van der Waals surface area contributed by atoms with E-state index in [0.717, 1.165) is 22.5 Å². The molecule has 1 aromatic carbocycles. The molecule has 3 aromatic rings. The fourth-order valence-electron chi connectivity index (χ4n) is 2.39. The summed E-state index contributed by atoms with van der Waals surface area (Å²) in [7, 11) is 0. The second-order valence-electron chi connectivity index (χ2n) is 5.80. The molecule has 0 saturated heterocycles. The summed E-state index contributed by atoms with van der Waals surface area (Å²) in [5.74, 6) is 1.29. The van der Waals surface area contributed by atoms with E-state index in [0.29, 0.717) is 5.76 Å². The fraction of sp³-hybridized carbons (Fsp3) is 0.263. The first-order valence-corrected chi connectivity index (χ1v) is 9.15. The maximum absolute atomic E-state index is 12.3. The second kappa shape index (κ2) is 8.23. The highest BCUT2D eigenvalue weighted by atomic mass is 79.9. The lowest BCUT2D eigenvalue weighted by atomic mass is 10.2. The number of amides is 1. The van der Waals surface area contributed by atoms with E-state index in [1.807, 2.05) is 55.1 Å². The van der Waals surface area contributed by atoms with Crippen LogP contribution in [0.1, 0.15) is 41.9 Å². The molecule has 26 heavy (non-hydrogen) atoms. The van der Waals surface area contributed by atoms with Crippen LogP contribution in [0, 0.1) is 0 Å². The molecule has 1 N–H and O–H groups in total. The first-order valence-electron chi connectivity index (χ1n) is 8.36. The molecule has 0 radical (unpaired) electrons. The molecule has 0 spiro atoms. The first-order chi connectivity index (χ1) is 12.5. The minimum absolute atomic E-state index is 0.206. The molecular formula is C19H20BrN3O3. The summed E-state index contributed by atoms with van der Waals surface area (Å²) in [6.45, 7) is 4.95. The van der Waals surface area contributed by atoms with E-state index in [4.69, 9.17) is 9.15 Å². The largest absolute Gasteiger partial charge is 0.486 e. The lowest BCUT2D eigenvalue weighted by Gasteiger charge is -2.10. The van der Waals surface area contributed by atoms with Crippen LogP contribution in [0.25, 0.3) is 0 Å². The third-order valence-corrected chi connectivity index (χ3v) is 4.39. The maximum Gasteiger partial charge on any atom is 0.287 e. The van der Waals surface area contributed by atoms with Gasteiger partial charge in [-0.1, -0.05) is 15.9 Å². The standard InChI is InChI=1S/C19H20BrN3O3/c1-3-23-11-10-17(22-23)13(2)21-19(24)18-9-8-16(26-18)12-25-15-6-4-14(20)5-7-15/h4-11,13H,3,12H2,1-2H3,(H,21,24). The van der Waals surface area contributed by atoms with Crippen LogP contribution < -0.4 is 10.1 Å². The minimum atomic E-state index is -0.279. The molecule has 136 valence electrons. The van der Waals surface area contributed by atoms with E-state index in [2.05, 4.69) is 26.3 Å². The predicted molar refractivity (Wildman–Crippen MR) is 101 cm³/mol. The molecule has 1 unspecified atom stereocenters. The molecule has 1 atom stereocenters. The number of ether oxygens (including phenoxy) is 1. The number of furan rings is 1. The second-order valence-corrected chi connectivity index (χ2v) is 6.72. The average Bonchev–Trinajstić information content (AvgIpc) is 3.30. The Morgan fingerprint density at radius 3 is 2.73 bits per heavy atom. The number of benzene rings is 1. The van der Waals surface area contributed by atoms with E-state index >= 15 is 0 Å². The highest BCUT2D eigenvalue weighted by Gasteiger charge is 2.16. The molecular weight excluding hydrogens is 398 g/mol. The minimum Gasteiger partial charge on any atom is -0.486 e. The smallest absolute Gasteiger partial charge is 0.287 e. The van der Waals surface area contributed by atoms with Crippen LogP contribution >= 0.6 is 15.9 Å². The van der Waals surface area contributed by atoms with Crippen LogP contribution in [0.2, 0.25) is 0 Å². The van der Waals surface area contributed by atoms with Crippen molar-refractivity contribution in [2.75, 3.05) is 0 Å². The molecule has 0 bridgehead atoms. The third-order valence-electron chi connectivity index (χ3n) is 3.86. The Morgan fingerprint density at radius 1 is 1.27 bits per heavy atom. The van der Waals surface area contributed by atoms with E-state index < -0.39 is 0 Å². The van der Waals surface area contributed by atoms with Gasteiger partial charge in [-0.05, 0) is 56.3 Å². The van der Waals surface area contributed by atoms with Crippen LogP contribution in [0.4, 0.5) is 0 Å². The van der Waals surface area contributed by atoms with Crippen LogP contribution in [-0.4, -0.2) is 15.7 Å². The molecule has 7 heteroatoms. The molecule has 0 fully saturated rings. The molecule has 2 heterocycles. The molecule has 2 aromatic heterocycles. The van der Waals surface area contributed by atoms with Crippen molar-refractivity contribution in [3.8, 4) is 5.75 Å². The van der Waals surface area contributed by atoms with Gasteiger partial charge < -0.3 is 14.5 Å². The Balaban J connectivity index is 1.56. The van der Waals surface area contributed by atoms with Crippen molar-refractivity contribution in [2.24, 2.45) is 0 Å². The molecule has 0 aliphatic heterocycles. The van der Waals surface area contributed by atoms with Gasteiger partial charge >= 0.3 is 0 Å². The number of hydrogen-bond donors (Lipinski definition) is 1. The van der Waals surface area contributed by atoms with E-state index in [1.54, 1.807) is 12.1 Å². The molecule has 0 saturated carbocycles. The van der Waals surface area contributed by atoms with E-state index in [-0.39, 0.29) is 24.3 Å². The summed E-state index contributed by atoms with van der Waals surface area (Å²) in [6.07, 6.45) is 1.89. The molecule has 0 aliphatic carbocycles. The van der Waals surface area contributed by atoms with Gasteiger partial charge in [-0.15, -0.1) is 0 Å². The molecule has 6 nitrogen and oxygen atoms in total. The fourth-order valence-corrected chi connectivity index (χ4v) is 2.65. The first kappa shape index (κ1) is 18.3. The lowest BCUT2D eigenvalue weighted by molar-refractivity contribution is 0.0907. The third kappa shape index (κ3) is 4.54. The number of aryl methyl sites for hydroxylation is 1. The van der Waals surface area contributed by atoms with Crippen LogP contribution in [0.5, 0.6) is 5.75 Å². The van der Waals surface area contributed by atoms with Crippen molar-refractivity contribution in [3.05, 3.63) is 70.3 Å². The Kier molecular flexibility index (Phi) is 5.78. The summed E-state index contributed by atoms with van der Waals surface area (Å²) in [4.78, 5) is 12.3. The van der Waals surface area contributed by atoms with Crippen molar-refractivity contribution in [2.45, 2.75) is 33.0 Å². The number of rotatable bonds is 7. The highest BCUT2D eigenvalue weighted by Crippen LogP contribution is 2.18. The van der Waals surface area contributed by atoms with Gasteiger partial charge in [0.2, 0.25) is 0 Å². The van der Waals surface area contributed by atoms with Gasteiger partial charge in [0, 0.05) is 17.2 Å². The summed E-state index contributed by atoms with van der Waals surface area (Å²) in [5, 5.41) is 7.29. The Labute approximate surface area is 160 Å². The zero-order valence-electron chi connectivity index (χ0n) is 14.6. The van der Waals surface area contributed by atoms with Crippen molar-refractivity contribution < 1.29 is 13.9 Å². The molecule has 1 amide bonds. The Bertz CT molecular complexity index is 870. The number of nitrogens with zero attached hydrogens (tertiary/aromatic N) is 2. The number of hydrogen-bond acceptors (Lipinski definition) is 4. The molecule has 0 aliphatic rings. The van der Waals surface area contributed by atoms with Crippen molar-refractivity contribution in [1.82, 2.24) is 15.1 Å². The van der Waals surface area contributed by atoms with Gasteiger partial charge in [-0.3, -0.25) is 9.48 Å². The Morgan fingerprint density at radius 2 is 2.04 bits per heavy atom. The van der Waals surface area contributed by atoms with Gasteiger partial charge in [-0.25, -0.2) is 0 Å². The van der Waals surface area contributed by atoms with E-state index in [1.165, 1.54) is 0 Å². The quantitative estimate of drug-likeness (QED) is 0.620. The number of halogens is 1. The number of carbonyl (C=O) groups excluding carboxylic acids is 1. The zero-order valence-corrected chi connectivity index (χ0v) is 16.2. The van der Waals surface area contributed by atoms with Gasteiger partial charge in [0.05, 0.1) is 11.7 Å². The topological polar surface area (TPSA) is 69.3 Å². The average molecular weight is 418 g/mol. The van der Waals surface area contributed by atoms with Gasteiger partial charge in [0.15, 0.2) is 5.76 Å². The molecule has 3 rings (SSSR count). The summed E-state index contributed by atoms with van der Waals surface area (Å²) in [6, 6.07) is 12.6. The van der Waals surface area contributed by atoms with Crippen molar-refractivity contribution in [3.63, 3.8) is 0 Å².